The first-order valence-corrected chi connectivity index (χ1v) is 8.18. The predicted molar refractivity (Wildman–Crippen MR) is 86.5 cm³/mol. The van der Waals surface area contributed by atoms with Gasteiger partial charge in [-0.05, 0) is 48.8 Å². The van der Waals surface area contributed by atoms with Crippen LogP contribution in [0.2, 0.25) is 5.02 Å². The molecule has 0 amide bonds. The molecule has 2 aliphatic rings. The Morgan fingerprint density at radius 1 is 1.35 bits per heavy atom. The van der Waals surface area contributed by atoms with Crippen molar-refractivity contribution in [2.45, 2.75) is 52.1 Å². The van der Waals surface area contributed by atoms with Crippen LogP contribution in [0.1, 0.15) is 45.1 Å². The highest BCUT2D eigenvalue weighted by molar-refractivity contribution is 6.33. The van der Waals surface area contributed by atoms with Crippen LogP contribution in [0.3, 0.4) is 0 Å². The van der Waals surface area contributed by atoms with Gasteiger partial charge in [0.05, 0.1) is 10.7 Å². The van der Waals surface area contributed by atoms with Crippen LogP contribution in [0, 0.1) is 5.41 Å². The quantitative estimate of drug-likeness (QED) is 0.894. The number of halogens is 1. The largest absolute Gasteiger partial charge is 0.370 e. The van der Waals surface area contributed by atoms with Gasteiger partial charge in [0.1, 0.15) is 0 Å². The van der Waals surface area contributed by atoms with Gasteiger partial charge in [0.25, 0.3) is 0 Å². The van der Waals surface area contributed by atoms with Crippen LogP contribution in [0.25, 0.3) is 0 Å². The standard InChI is InChI=1S/C17H25ClN2/c1-17(2)8-3-9-20(12-17)16-7-4-13(10-15(16)18)11-19-14-5-6-14/h4,7,10,14,19H,3,5-6,8-9,11-12H2,1-2H3. The third-order valence-electron chi connectivity index (χ3n) is 4.43. The fraction of sp³-hybridized carbons (Fsp3) is 0.647. The monoisotopic (exact) mass is 292 g/mol. The summed E-state index contributed by atoms with van der Waals surface area (Å²) < 4.78 is 0. The maximum absolute atomic E-state index is 6.52. The van der Waals surface area contributed by atoms with E-state index in [9.17, 15) is 0 Å². The van der Waals surface area contributed by atoms with Gasteiger partial charge in [-0.15, -0.1) is 0 Å². The van der Waals surface area contributed by atoms with Crippen LogP contribution in [0.5, 0.6) is 0 Å². The van der Waals surface area contributed by atoms with Gasteiger partial charge in [-0.2, -0.15) is 0 Å². The fourth-order valence-electron chi connectivity index (χ4n) is 3.10. The summed E-state index contributed by atoms with van der Waals surface area (Å²) in [6.45, 7) is 7.87. The Morgan fingerprint density at radius 2 is 2.15 bits per heavy atom. The Kier molecular flexibility index (Phi) is 3.96. The van der Waals surface area contributed by atoms with Crippen molar-refractivity contribution >= 4 is 17.3 Å². The van der Waals surface area contributed by atoms with Gasteiger partial charge < -0.3 is 10.2 Å². The lowest BCUT2D eigenvalue weighted by Crippen LogP contribution is -2.40. The van der Waals surface area contributed by atoms with Gasteiger partial charge in [0.2, 0.25) is 0 Å². The van der Waals surface area contributed by atoms with Crippen LogP contribution in [-0.4, -0.2) is 19.1 Å². The first-order valence-electron chi connectivity index (χ1n) is 7.80. The van der Waals surface area contributed by atoms with Crippen molar-refractivity contribution in [2.24, 2.45) is 5.41 Å². The number of rotatable bonds is 4. The minimum absolute atomic E-state index is 0.397. The first-order chi connectivity index (χ1) is 9.53. The van der Waals surface area contributed by atoms with Crippen LogP contribution in [0.4, 0.5) is 5.69 Å². The highest BCUT2D eigenvalue weighted by Crippen LogP contribution is 2.35. The van der Waals surface area contributed by atoms with E-state index in [4.69, 9.17) is 11.6 Å². The number of nitrogens with zero attached hydrogens (tertiary/aromatic N) is 1. The molecule has 0 spiro atoms. The molecule has 2 fully saturated rings. The van der Waals surface area contributed by atoms with E-state index in [1.54, 1.807) is 0 Å². The summed E-state index contributed by atoms with van der Waals surface area (Å²) in [5, 5.41) is 4.44. The van der Waals surface area contributed by atoms with Gasteiger partial charge in [-0.3, -0.25) is 0 Å². The van der Waals surface area contributed by atoms with E-state index in [2.05, 4.69) is 42.3 Å². The zero-order valence-corrected chi connectivity index (χ0v) is 13.3. The molecule has 20 heavy (non-hydrogen) atoms. The topological polar surface area (TPSA) is 15.3 Å². The summed E-state index contributed by atoms with van der Waals surface area (Å²) in [5.74, 6) is 0. The summed E-state index contributed by atoms with van der Waals surface area (Å²) >= 11 is 6.52. The molecule has 1 aliphatic carbocycles. The second kappa shape index (κ2) is 5.57. The van der Waals surface area contributed by atoms with E-state index in [1.807, 2.05) is 0 Å². The third kappa shape index (κ3) is 3.48. The average molecular weight is 293 g/mol. The van der Waals surface area contributed by atoms with Gasteiger partial charge in [-0.1, -0.05) is 31.5 Å². The van der Waals surface area contributed by atoms with Gasteiger partial charge >= 0.3 is 0 Å². The molecule has 0 bridgehead atoms. The molecule has 1 aromatic carbocycles. The van der Waals surface area contributed by atoms with E-state index in [-0.39, 0.29) is 0 Å². The lowest BCUT2D eigenvalue weighted by molar-refractivity contribution is 0.293. The van der Waals surface area contributed by atoms with Crippen molar-refractivity contribution in [1.29, 1.82) is 0 Å². The Labute approximate surface area is 127 Å². The van der Waals surface area contributed by atoms with E-state index < -0.39 is 0 Å². The maximum atomic E-state index is 6.52. The van der Waals surface area contributed by atoms with Crippen LogP contribution < -0.4 is 10.2 Å². The average Bonchev–Trinajstić information content (AvgIpc) is 3.19. The molecule has 1 aliphatic heterocycles. The molecule has 1 N–H and O–H groups in total. The molecule has 0 radical (unpaired) electrons. The minimum atomic E-state index is 0.397. The molecule has 1 heterocycles. The van der Waals surface area contributed by atoms with E-state index >= 15 is 0 Å². The van der Waals surface area contributed by atoms with E-state index in [0.29, 0.717) is 5.41 Å². The first kappa shape index (κ1) is 14.2. The lowest BCUT2D eigenvalue weighted by atomic mass is 9.84. The molecule has 0 unspecified atom stereocenters. The molecular weight excluding hydrogens is 268 g/mol. The number of hydrogen-bond donors (Lipinski definition) is 1. The van der Waals surface area contributed by atoms with Crippen molar-refractivity contribution in [3.8, 4) is 0 Å². The smallest absolute Gasteiger partial charge is 0.0642 e. The van der Waals surface area contributed by atoms with Crippen molar-refractivity contribution < 1.29 is 0 Å². The molecule has 2 nitrogen and oxygen atoms in total. The maximum Gasteiger partial charge on any atom is 0.0642 e. The molecular formula is C17H25ClN2. The number of hydrogen-bond acceptors (Lipinski definition) is 2. The summed E-state index contributed by atoms with van der Waals surface area (Å²) in [5.41, 5.74) is 2.89. The SMILES string of the molecule is CC1(C)CCCN(c2ccc(CNC3CC3)cc2Cl)C1. The fourth-order valence-corrected chi connectivity index (χ4v) is 3.42. The van der Waals surface area contributed by atoms with Crippen molar-refractivity contribution in [2.75, 3.05) is 18.0 Å². The van der Waals surface area contributed by atoms with Gasteiger partial charge in [-0.25, -0.2) is 0 Å². The molecule has 3 heteroatoms. The zero-order chi connectivity index (χ0) is 14.2. The Hall–Kier alpha value is -0.730. The Bertz CT molecular complexity index is 480. The van der Waals surface area contributed by atoms with Crippen LogP contribution >= 0.6 is 11.6 Å². The highest BCUT2D eigenvalue weighted by atomic mass is 35.5. The lowest BCUT2D eigenvalue weighted by Gasteiger charge is -2.39. The van der Waals surface area contributed by atoms with Crippen LogP contribution in [0.15, 0.2) is 18.2 Å². The van der Waals surface area contributed by atoms with E-state index in [0.717, 1.165) is 30.7 Å². The molecule has 1 aromatic rings. The second-order valence-corrected chi connectivity index (χ2v) is 7.54. The normalized spacial score (nSPS) is 22.1. The van der Waals surface area contributed by atoms with Crippen molar-refractivity contribution in [3.05, 3.63) is 28.8 Å². The summed E-state index contributed by atoms with van der Waals surface area (Å²) in [6, 6.07) is 7.30. The summed E-state index contributed by atoms with van der Waals surface area (Å²) in [6.07, 6.45) is 5.22. The van der Waals surface area contributed by atoms with Crippen LogP contribution in [-0.2, 0) is 6.54 Å². The molecule has 0 atom stereocenters. The summed E-state index contributed by atoms with van der Waals surface area (Å²) in [4.78, 5) is 2.45. The molecule has 0 aromatic heterocycles. The highest BCUT2D eigenvalue weighted by Gasteiger charge is 2.27. The number of nitrogens with one attached hydrogen (secondary N) is 1. The summed E-state index contributed by atoms with van der Waals surface area (Å²) in [7, 11) is 0. The predicted octanol–water partition coefficient (Wildman–Crippen LogP) is 4.22. The molecule has 1 saturated carbocycles. The zero-order valence-electron chi connectivity index (χ0n) is 12.6. The minimum Gasteiger partial charge on any atom is -0.370 e. The second-order valence-electron chi connectivity index (χ2n) is 7.13. The number of benzene rings is 1. The molecule has 3 rings (SSSR count). The third-order valence-corrected chi connectivity index (χ3v) is 4.73. The number of anilines is 1. The Morgan fingerprint density at radius 3 is 2.80 bits per heavy atom. The van der Waals surface area contributed by atoms with E-state index in [1.165, 1.54) is 36.9 Å². The molecule has 110 valence electrons. The Balaban J connectivity index is 1.69. The van der Waals surface area contributed by atoms with Crippen molar-refractivity contribution in [3.63, 3.8) is 0 Å². The molecule has 1 saturated heterocycles. The van der Waals surface area contributed by atoms with Crippen molar-refractivity contribution in [1.82, 2.24) is 5.32 Å². The number of piperidine rings is 1. The van der Waals surface area contributed by atoms with Gasteiger partial charge in [0.15, 0.2) is 0 Å². The van der Waals surface area contributed by atoms with Gasteiger partial charge in [0, 0.05) is 25.7 Å².